The normalized spacial score (nSPS) is 17.7. The number of hydrogen-bond acceptors (Lipinski definition) is 2. The van der Waals surface area contributed by atoms with Crippen molar-refractivity contribution in [3.63, 3.8) is 0 Å². The molecule has 0 aliphatic carbocycles. The van der Waals surface area contributed by atoms with Crippen molar-refractivity contribution in [2.45, 2.75) is 25.9 Å². The van der Waals surface area contributed by atoms with E-state index in [2.05, 4.69) is 5.32 Å². The predicted octanol–water partition coefficient (Wildman–Crippen LogP) is 3.21. The van der Waals surface area contributed by atoms with Crippen LogP contribution in [0.15, 0.2) is 24.3 Å². The summed E-state index contributed by atoms with van der Waals surface area (Å²) < 4.78 is 37.7. The maximum atomic E-state index is 12.6. The van der Waals surface area contributed by atoms with Crippen LogP contribution in [0, 0.1) is 12.8 Å². The lowest BCUT2D eigenvalue weighted by molar-refractivity contribution is -0.184. The van der Waals surface area contributed by atoms with Gasteiger partial charge in [0.2, 0.25) is 5.91 Å². The van der Waals surface area contributed by atoms with Crippen LogP contribution in [0.5, 0.6) is 0 Å². The van der Waals surface area contributed by atoms with Crippen molar-refractivity contribution in [1.82, 2.24) is 4.90 Å². The fourth-order valence-corrected chi connectivity index (χ4v) is 2.46. The Morgan fingerprint density at radius 2 is 1.81 bits per heavy atom. The Labute approximate surface area is 122 Å². The molecule has 1 aromatic rings. The van der Waals surface area contributed by atoms with Crippen LogP contribution in [-0.4, -0.2) is 36.6 Å². The summed E-state index contributed by atoms with van der Waals surface area (Å²) in [5.74, 6) is -1.42. The Morgan fingerprint density at radius 3 is 2.33 bits per heavy atom. The van der Waals surface area contributed by atoms with Gasteiger partial charge in [0.15, 0.2) is 0 Å². The number of nitrogens with one attached hydrogen (secondary N) is 1. The molecule has 0 aromatic heterocycles. The SMILES string of the molecule is Cc1ccc(NC(=O)CN2CCC(C(F)(F)F)CC2)cc1. The third-order valence-electron chi connectivity index (χ3n) is 3.75. The smallest absolute Gasteiger partial charge is 0.325 e. The number of hydrogen-bond donors (Lipinski definition) is 1. The summed E-state index contributed by atoms with van der Waals surface area (Å²) in [5.41, 5.74) is 1.80. The molecule has 3 nitrogen and oxygen atoms in total. The highest BCUT2D eigenvalue weighted by atomic mass is 19.4. The summed E-state index contributed by atoms with van der Waals surface area (Å²) in [6, 6.07) is 7.40. The molecule has 0 spiro atoms. The number of halogens is 3. The van der Waals surface area contributed by atoms with Gasteiger partial charge in [0.05, 0.1) is 12.5 Å². The molecule has 0 atom stereocenters. The molecule has 0 saturated carbocycles. The van der Waals surface area contributed by atoms with Gasteiger partial charge >= 0.3 is 6.18 Å². The van der Waals surface area contributed by atoms with E-state index < -0.39 is 12.1 Å². The van der Waals surface area contributed by atoms with Gasteiger partial charge < -0.3 is 5.32 Å². The third kappa shape index (κ3) is 4.74. The van der Waals surface area contributed by atoms with Crippen molar-refractivity contribution in [2.75, 3.05) is 25.0 Å². The minimum Gasteiger partial charge on any atom is -0.325 e. The van der Waals surface area contributed by atoms with Gasteiger partial charge in [-0.2, -0.15) is 13.2 Å². The van der Waals surface area contributed by atoms with Gasteiger partial charge in [-0.1, -0.05) is 17.7 Å². The first kappa shape index (κ1) is 15.8. The van der Waals surface area contributed by atoms with Crippen molar-refractivity contribution in [3.8, 4) is 0 Å². The second kappa shape index (κ2) is 6.47. The van der Waals surface area contributed by atoms with E-state index in [-0.39, 0.29) is 25.3 Å². The number of aryl methyl sites for hydroxylation is 1. The molecule has 1 heterocycles. The second-order valence-electron chi connectivity index (χ2n) is 5.51. The van der Waals surface area contributed by atoms with E-state index in [1.807, 2.05) is 31.2 Å². The van der Waals surface area contributed by atoms with Crippen LogP contribution in [0.3, 0.4) is 0 Å². The molecule has 0 unspecified atom stereocenters. The molecule has 1 saturated heterocycles. The molecule has 1 aliphatic rings. The van der Waals surface area contributed by atoms with E-state index in [4.69, 9.17) is 0 Å². The zero-order chi connectivity index (χ0) is 15.5. The van der Waals surface area contributed by atoms with Crippen LogP contribution in [0.4, 0.5) is 18.9 Å². The Bertz CT molecular complexity index is 477. The molecular weight excluding hydrogens is 281 g/mol. The summed E-state index contributed by atoms with van der Waals surface area (Å²) in [7, 11) is 0. The predicted molar refractivity (Wildman–Crippen MR) is 75.0 cm³/mol. The number of amides is 1. The maximum absolute atomic E-state index is 12.6. The van der Waals surface area contributed by atoms with Gasteiger partial charge in [-0.3, -0.25) is 9.69 Å². The van der Waals surface area contributed by atoms with Crippen LogP contribution in [0.25, 0.3) is 0 Å². The number of carbonyl (C=O) groups excluding carboxylic acids is 1. The first-order chi connectivity index (χ1) is 9.84. The lowest BCUT2D eigenvalue weighted by Gasteiger charge is -2.32. The van der Waals surface area contributed by atoms with E-state index in [1.165, 1.54) is 0 Å². The van der Waals surface area contributed by atoms with Gasteiger partial charge in [0.1, 0.15) is 0 Å². The van der Waals surface area contributed by atoms with E-state index in [0.717, 1.165) is 5.56 Å². The maximum Gasteiger partial charge on any atom is 0.391 e. The number of rotatable bonds is 3. The highest BCUT2D eigenvalue weighted by molar-refractivity contribution is 5.92. The van der Waals surface area contributed by atoms with E-state index in [0.29, 0.717) is 18.8 Å². The Hall–Kier alpha value is -1.56. The second-order valence-corrected chi connectivity index (χ2v) is 5.51. The summed E-state index contributed by atoms with van der Waals surface area (Å²) in [6.07, 6.45) is -3.97. The van der Waals surface area contributed by atoms with Crippen LogP contribution in [0.2, 0.25) is 0 Å². The quantitative estimate of drug-likeness (QED) is 0.929. The molecule has 1 aliphatic heterocycles. The molecule has 1 amide bonds. The summed E-state index contributed by atoms with van der Waals surface area (Å²) >= 11 is 0. The molecule has 21 heavy (non-hydrogen) atoms. The number of anilines is 1. The largest absolute Gasteiger partial charge is 0.391 e. The summed E-state index contributed by atoms with van der Waals surface area (Å²) in [4.78, 5) is 13.6. The van der Waals surface area contributed by atoms with E-state index in [1.54, 1.807) is 4.90 Å². The lowest BCUT2D eigenvalue weighted by atomic mass is 9.96. The minimum absolute atomic E-state index is 0.0707. The molecule has 1 fully saturated rings. The number of likely N-dealkylation sites (tertiary alicyclic amines) is 1. The third-order valence-corrected chi connectivity index (χ3v) is 3.75. The number of alkyl halides is 3. The van der Waals surface area contributed by atoms with Crippen molar-refractivity contribution >= 4 is 11.6 Å². The number of nitrogens with zero attached hydrogens (tertiary/aromatic N) is 1. The summed E-state index contributed by atoms with van der Waals surface area (Å²) in [5, 5.41) is 2.76. The molecule has 116 valence electrons. The van der Waals surface area contributed by atoms with Crippen molar-refractivity contribution in [3.05, 3.63) is 29.8 Å². The Kier molecular flexibility index (Phi) is 4.88. The molecular formula is C15H19F3N2O. The van der Waals surface area contributed by atoms with Crippen molar-refractivity contribution in [1.29, 1.82) is 0 Å². The molecule has 1 N–H and O–H groups in total. The van der Waals surface area contributed by atoms with Crippen LogP contribution >= 0.6 is 0 Å². The highest BCUT2D eigenvalue weighted by Gasteiger charge is 2.41. The highest BCUT2D eigenvalue weighted by Crippen LogP contribution is 2.33. The zero-order valence-electron chi connectivity index (χ0n) is 11.9. The van der Waals surface area contributed by atoms with Gasteiger partial charge in [0.25, 0.3) is 0 Å². The minimum atomic E-state index is -4.11. The van der Waals surface area contributed by atoms with Crippen LogP contribution in [0.1, 0.15) is 18.4 Å². The fraction of sp³-hybridized carbons (Fsp3) is 0.533. The van der Waals surface area contributed by atoms with Crippen molar-refractivity contribution in [2.24, 2.45) is 5.92 Å². The van der Waals surface area contributed by atoms with Gasteiger partial charge in [0, 0.05) is 5.69 Å². The molecule has 1 aromatic carbocycles. The van der Waals surface area contributed by atoms with E-state index in [9.17, 15) is 18.0 Å². The van der Waals surface area contributed by atoms with E-state index >= 15 is 0 Å². The topological polar surface area (TPSA) is 32.3 Å². The molecule has 0 bridgehead atoms. The Morgan fingerprint density at radius 1 is 1.24 bits per heavy atom. The van der Waals surface area contributed by atoms with Crippen LogP contribution < -0.4 is 5.32 Å². The first-order valence-electron chi connectivity index (χ1n) is 7.00. The average Bonchev–Trinajstić information content (AvgIpc) is 2.41. The average molecular weight is 300 g/mol. The van der Waals surface area contributed by atoms with Gasteiger partial charge in [-0.25, -0.2) is 0 Å². The summed E-state index contributed by atoms with van der Waals surface area (Å²) in [6.45, 7) is 2.71. The monoisotopic (exact) mass is 300 g/mol. The standard InChI is InChI=1S/C15H19F3N2O/c1-11-2-4-13(5-3-11)19-14(21)10-20-8-6-12(7-9-20)15(16,17)18/h2-5,12H,6-10H2,1H3,(H,19,21). The molecule has 2 rings (SSSR count). The fourth-order valence-electron chi connectivity index (χ4n) is 2.46. The first-order valence-corrected chi connectivity index (χ1v) is 7.00. The number of piperidine rings is 1. The lowest BCUT2D eigenvalue weighted by Crippen LogP contribution is -2.42. The Balaban J connectivity index is 1.78. The van der Waals surface area contributed by atoms with Crippen LogP contribution in [-0.2, 0) is 4.79 Å². The number of carbonyl (C=O) groups is 1. The molecule has 0 radical (unpaired) electrons. The zero-order valence-corrected chi connectivity index (χ0v) is 11.9. The molecule has 6 heteroatoms. The van der Waals surface area contributed by atoms with Gasteiger partial charge in [-0.15, -0.1) is 0 Å². The number of benzene rings is 1. The van der Waals surface area contributed by atoms with Gasteiger partial charge in [-0.05, 0) is 45.0 Å². The van der Waals surface area contributed by atoms with Crippen molar-refractivity contribution < 1.29 is 18.0 Å².